The quantitative estimate of drug-likeness (QED) is 0.158. The summed E-state index contributed by atoms with van der Waals surface area (Å²) in [6.07, 6.45) is 0.251. The fourth-order valence-electron chi connectivity index (χ4n) is 2.89. The van der Waals surface area contributed by atoms with E-state index in [2.05, 4.69) is 26.5 Å². The van der Waals surface area contributed by atoms with Gasteiger partial charge >= 0.3 is 6.18 Å². The van der Waals surface area contributed by atoms with Gasteiger partial charge in [-0.3, -0.25) is 4.98 Å². The summed E-state index contributed by atoms with van der Waals surface area (Å²) in [5.41, 5.74) is -0.795. The second kappa shape index (κ2) is 10.7. The molecule has 0 aliphatic carbocycles. The third kappa shape index (κ3) is 6.24. The molecule has 3 aromatic heterocycles. The summed E-state index contributed by atoms with van der Waals surface area (Å²) < 4.78 is 76.4. The Bertz CT molecular complexity index is 1270. The van der Waals surface area contributed by atoms with Crippen molar-refractivity contribution in [2.75, 3.05) is 7.11 Å². The summed E-state index contributed by atoms with van der Waals surface area (Å²) in [6, 6.07) is 3.00. The molecule has 0 spiro atoms. The van der Waals surface area contributed by atoms with E-state index < -0.39 is 29.6 Å². The number of methoxy groups -OCH3 is 1. The highest BCUT2D eigenvalue weighted by Gasteiger charge is 2.32. The summed E-state index contributed by atoms with van der Waals surface area (Å²) in [5, 5.41) is 0.135. The van der Waals surface area contributed by atoms with Gasteiger partial charge in [0.15, 0.2) is 0 Å². The van der Waals surface area contributed by atoms with E-state index in [-0.39, 0.29) is 28.1 Å². The number of pyridine rings is 2. The van der Waals surface area contributed by atoms with Gasteiger partial charge in [-0.1, -0.05) is 18.2 Å². The van der Waals surface area contributed by atoms with E-state index in [0.29, 0.717) is 23.7 Å². The molecule has 0 fully saturated rings. The van der Waals surface area contributed by atoms with Crippen molar-refractivity contribution in [3.05, 3.63) is 95.0 Å². The number of H-pyrrole nitrogens is 1. The number of imidazole rings is 1. The van der Waals surface area contributed by atoms with Crippen LogP contribution in [0.2, 0.25) is 5.15 Å². The van der Waals surface area contributed by atoms with Crippen LogP contribution in [-0.2, 0) is 15.7 Å². The number of halogens is 6. The van der Waals surface area contributed by atoms with E-state index in [1.807, 2.05) is 0 Å². The van der Waals surface area contributed by atoms with Crippen LogP contribution in [0.25, 0.3) is 17.1 Å². The van der Waals surface area contributed by atoms with Gasteiger partial charge in [-0.05, 0) is 43.4 Å². The Morgan fingerprint density at radius 3 is 2.49 bits per heavy atom. The van der Waals surface area contributed by atoms with E-state index in [0.717, 1.165) is 0 Å². The lowest BCUT2D eigenvalue weighted by atomic mass is 10.2. The summed E-state index contributed by atoms with van der Waals surface area (Å²) >= 11 is 6.24. The molecule has 0 saturated heterocycles. The van der Waals surface area contributed by atoms with Crippen LogP contribution in [0.5, 0.6) is 0 Å². The highest BCUT2D eigenvalue weighted by Crippen LogP contribution is 2.31. The van der Waals surface area contributed by atoms with Crippen molar-refractivity contribution in [1.29, 1.82) is 0 Å². The lowest BCUT2D eigenvalue weighted by Crippen LogP contribution is -2.10. The van der Waals surface area contributed by atoms with E-state index in [1.54, 1.807) is 0 Å². The first-order chi connectivity index (χ1) is 16.5. The molecular weight excluding hydrogens is 495 g/mol. The summed E-state index contributed by atoms with van der Waals surface area (Å²) in [6.45, 7) is 5.03. The molecule has 12 heteroatoms. The topological polar surface area (TPSA) is 72.9 Å². The Morgan fingerprint density at radius 1 is 1.17 bits per heavy atom. The Labute approximate surface area is 201 Å². The van der Waals surface area contributed by atoms with Gasteiger partial charge in [0, 0.05) is 18.0 Å². The van der Waals surface area contributed by atoms with Crippen molar-refractivity contribution in [2.24, 2.45) is 0 Å². The molecule has 0 aliphatic heterocycles. The lowest BCUT2D eigenvalue weighted by molar-refractivity contribution is -0.138. The zero-order valence-corrected chi connectivity index (χ0v) is 19.1. The van der Waals surface area contributed by atoms with Crippen molar-refractivity contribution in [1.82, 2.24) is 19.9 Å². The van der Waals surface area contributed by atoms with Crippen molar-refractivity contribution >= 4 is 17.4 Å². The maximum atomic E-state index is 14.2. The van der Waals surface area contributed by atoms with Crippen LogP contribution in [-0.4, -0.2) is 27.0 Å². The minimum absolute atomic E-state index is 0.135. The SMILES string of the molecule is C=C/C(=C\C=C(\OC)c1nc(-c2ccc(F)nc2)[nH]c1Cl)OC(C)c1ncc(C(F)(F)F)cc1F. The first-order valence-corrected chi connectivity index (χ1v) is 10.3. The molecule has 3 heterocycles. The first kappa shape index (κ1) is 25.9. The minimum Gasteiger partial charge on any atom is -0.494 e. The van der Waals surface area contributed by atoms with Gasteiger partial charge in [0.05, 0.1) is 12.7 Å². The molecule has 0 bridgehead atoms. The van der Waals surface area contributed by atoms with Crippen molar-refractivity contribution in [3.63, 3.8) is 0 Å². The molecule has 6 nitrogen and oxygen atoms in total. The predicted octanol–water partition coefficient (Wildman–Crippen LogP) is 6.65. The van der Waals surface area contributed by atoms with Crippen LogP contribution in [0.3, 0.4) is 0 Å². The minimum atomic E-state index is -4.72. The molecule has 0 radical (unpaired) electrons. The monoisotopic (exact) mass is 512 g/mol. The van der Waals surface area contributed by atoms with Gasteiger partial charge in [-0.25, -0.2) is 14.4 Å². The third-order valence-electron chi connectivity index (χ3n) is 4.61. The molecule has 0 saturated carbocycles. The van der Waals surface area contributed by atoms with Gasteiger partial charge in [-0.15, -0.1) is 0 Å². The molecule has 1 N–H and O–H groups in total. The Balaban J connectivity index is 1.83. The van der Waals surface area contributed by atoms with Crippen molar-refractivity contribution in [3.8, 4) is 11.4 Å². The summed E-state index contributed by atoms with van der Waals surface area (Å²) in [4.78, 5) is 14.3. The Kier molecular flexibility index (Phi) is 7.90. The zero-order chi connectivity index (χ0) is 25.8. The number of rotatable bonds is 8. The number of nitrogens with one attached hydrogen (secondary N) is 1. The van der Waals surface area contributed by atoms with Crippen LogP contribution >= 0.6 is 11.6 Å². The highest BCUT2D eigenvalue weighted by molar-refractivity contribution is 6.31. The number of alkyl halides is 3. The van der Waals surface area contributed by atoms with E-state index in [4.69, 9.17) is 21.1 Å². The number of ether oxygens (including phenoxy) is 2. The number of nitrogens with zero attached hydrogens (tertiary/aromatic N) is 3. The maximum absolute atomic E-state index is 14.2. The van der Waals surface area contributed by atoms with Crippen LogP contribution < -0.4 is 0 Å². The second-order valence-electron chi connectivity index (χ2n) is 6.97. The van der Waals surface area contributed by atoms with Crippen molar-refractivity contribution in [2.45, 2.75) is 19.2 Å². The van der Waals surface area contributed by atoms with Crippen LogP contribution in [0.15, 0.2) is 61.2 Å². The molecule has 3 aromatic rings. The number of aromatic amines is 1. The molecule has 0 aliphatic rings. The van der Waals surface area contributed by atoms with Gasteiger partial charge in [0.2, 0.25) is 5.95 Å². The number of hydrogen-bond acceptors (Lipinski definition) is 5. The number of aromatic nitrogens is 4. The van der Waals surface area contributed by atoms with Crippen LogP contribution in [0, 0.1) is 11.8 Å². The van der Waals surface area contributed by atoms with Gasteiger partial charge < -0.3 is 14.5 Å². The molecule has 1 unspecified atom stereocenters. The Morgan fingerprint density at radius 2 is 1.91 bits per heavy atom. The lowest BCUT2D eigenvalue weighted by Gasteiger charge is -2.16. The zero-order valence-electron chi connectivity index (χ0n) is 18.3. The summed E-state index contributed by atoms with van der Waals surface area (Å²) in [7, 11) is 1.38. The first-order valence-electron chi connectivity index (χ1n) is 9.89. The molecule has 3 rings (SSSR count). The molecule has 0 amide bonds. The van der Waals surface area contributed by atoms with Crippen LogP contribution in [0.4, 0.5) is 22.0 Å². The average molecular weight is 513 g/mol. The molecule has 184 valence electrons. The second-order valence-corrected chi connectivity index (χ2v) is 7.35. The average Bonchev–Trinajstić information content (AvgIpc) is 3.19. The maximum Gasteiger partial charge on any atom is 0.417 e. The molecule has 0 aromatic carbocycles. The third-order valence-corrected chi connectivity index (χ3v) is 4.88. The fraction of sp³-hybridized carbons (Fsp3) is 0.174. The van der Waals surface area contributed by atoms with Gasteiger partial charge in [0.25, 0.3) is 0 Å². The predicted molar refractivity (Wildman–Crippen MR) is 119 cm³/mol. The van der Waals surface area contributed by atoms with Crippen molar-refractivity contribution < 1.29 is 31.4 Å². The molecule has 1 atom stereocenters. The number of allylic oxidation sites excluding steroid dienone is 3. The van der Waals surface area contributed by atoms with Gasteiger partial charge in [-0.2, -0.15) is 17.6 Å². The normalized spacial score (nSPS) is 13.5. The van der Waals surface area contributed by atoms with E-state index in [1.165, 1.54) is 50.6 Å². The fourth-order valence-corrected chi connectivity index (χ4v) is 3.11. The standard InChI is InChI=1S/C23H18ClF5N4O2/c1-4-15(35-12(2)19-16(25)9-14(11-31-19)23(27,28)29)6-7-17(34-3)20-21(24)33-22(32-20)13-5-8-18(26)30-10-13/h4-12H,1H2,2-3H3,(H,32,33)/b15-6+,17-7+. The van der Waals surface area contributed by atoms with Gasteiger partial charge in [0.1, 0.15) is 45.8 Å². The summed E-state index contributed by atoms with van der Waals surface area (Å²) in [5.74, 6) is -1.13. The molecular formula is C23H18ClF5N4O2. The van der Waals surface area contributed by atoms with E-state index in [9.17, 15) is 22.0 Å². The molecule has 35 heavy (non-hydrogen) atoms. The Hall–Kier alpha value is -3.73. The smallest absolute Gasteiger partial charge is 0.417 e. The highest BCUT2D eigenvalue weighted by atomic mass is 35.5. The van der Waals surface area contributed by atoms with E-state index >= 15 is 0 Å². The van der Waals surface area contributed by atoms with Crippen LogP contribution in [0.1, 0.15) is 30.0 Å². The largest absolute Gasteiger partial charge is 0.494 e. The number of hydrogen-bond donors (Lipinski definition) is 1.